The first-order chi connectivity index (χ1) is 7.36. The lowest BCUT2D eigenvalue weighted by Gasteiger charge is -2.11. The molecule has 0 saturated carbocycles. The molecule has 78 valence electrons. The molecule has 4 heteroatoms. The number of carbonyl (C=O) groups excluding carboxylic acids is 1. The molecule has 2 unspecified atom stereocenters. The van der Waals surface area contributed by atoms with Gasteiger partial charge in [0.05, 0.1) is 0 Å². The normalized spacial score (nSPS) is 29.6. The van der Waals surface area contributed by atoms with E-state index in [1.54, 1.807) is 11.8 Å². The van der Waals surface area contributed by atoms with Gasteiger partial charge in [0.15, 0.2) is 0 Å². The van der Waals surface area contributed by atoms with E-state index in [0.29, 0.717) is 10.6 Å². The molecule has 0 N–H and O–H groups in total. The fraction of sp³-hybridized carbons (Fsp3) is 0.364. The van der Waals surface area contributed by atoms with Crippen molar-refractivity contribution in [2.24, 2.45) is 0 Å². The van der Waals surface area contributed by atoms with Crippen LogP contribution in [0.1, 0.15) is 10.8 Å². The molecular weight excluding hydrogens is 226 g/mol. The highest BCUT2D eigenvalue weighted by Crippen LogP contribution is 2.49. The molecular formula is C11H11NOS2. The van der Waals surface area contributed by atoms with Crippen LogP contribution in [0, 0.1) is 0 Å². The minimum Gasteiger partial charge on any atom is -0.319 e. The Bertz CT molecular complexity index is 381. The van der Waals surface area contributed by atoms with Crippen LogP contribution in [-0.2, 0) is 4.79 Å². The summed E-state index contributed by atoms with van der Waals surface area (Å²) in [5.74, 6) is 1.38. The van der Waals surface area contributed by atoms with Gasteiger partial charge < -0.3 is 4.90 Å². The number of fused-ring (bicyclic) bond motifs is 1. The summed E-state index contributed by atoms with van der Waals surface area (Å²) in [7, 11) is 0. The Hall–Kier alpha value is -0.610. The Morgan fingerprint density at radius 3 is 2.80 bits per heavy atom. The molecule has 3 rings (SSSR count). The van der Waals surface area contributed by atoms with Crippen LogP contribution >= 0.6 is 23.5 Å². The third kappa shape index (κ3) is 1.56. The number of hydrogen-bond acceptors (Lipinski definition) is 3. The lowest BCUT2D eigenvalue weighted by molar-refractivity contribution is -0.128. The fourth-order valence-corrected chi connectivity index (χ4v) is 4.93. The van der Waals surface area contributed by atoms with E-state index in [4.69, 9.17) is 0 Å². The molecule has 2 nitrogen and oxygen atoms in total. The van der Waals surface area contributed by atoms with Crippen molar-refractivity contribution >= 4 is 29.4 Å². The van der Waals surface area contributed by atoms with Crippen LogP contribution < -0.4 is 0 Å². The summed E-state index contributed by atoms with van der Waals surface area (Å²) in [5.41, 5.74) is 1.14. The number of amides is 1. The number of hydrogen-bond donors (Lipinski definition) is 0. The molecule has 2 atom stereocenters. The van der Waals surface area contributed by atoms with Crippen molar-refractivity contribution < 1.29 is 4.79 Å². The van der Waals surface area contributed by atoms with Crippen LogP contribution in [0.2, 0.25) is 0 Å². The summed E-state index contributed by atoms with van der Waals surface area (Å²) >= 11 is 3.66. The lowest BCUT2D eigenvalue weighted by Crippen LogP contribution is -2.27. The van der Waals surface area contributed by atoms with E-state index in [9.17, 15) is 4.79 Å². The molecule has 2 aliphatic heterocycles. The Kier molecular flexibility index (Phi) is 2.41. The van der Waals surface area contributed by atoms with E-state index in [1.165, 1.54) is 0 Å². The Morgan fingerprint density at radius 1 is 1.27 bits per heavy atom. The third-order valence-corrected chi connectivity index (χ3v) is 5.64. The highest BCUT2D eigenvalue weighted by molar-refractivity contribution is 8.17. The topological polar surface area (TPSA) is 20.3 Å². The van der Waals surface area contributed by atoms with Crippen LogP contribution in [0.15, 0.2) is 30.3 Å². The van der Waals surface area contributed by atoms with Crippen LogP contribution in [0.3, 0.4) is 0 Å². The molecule has 2 heterocycles. The van der Waals surface area contributed by atoms with Crippen molar-refractivity contribution in [3.8, 4) is 0 Å². The highest BCUT2D eigenvalue weighted by atomic mass is 32.2. The van der Waals surface area contributed by atoms with Crippen molar-refractivity contribution in [3.05, 3.63) is 35.9 Å². The second kappa shape index (κ2) is 3.76. The highest BCUT2D eigenvalue weighted by Gasteiger charge is 2.43. The number of thioether (sulfide) groups is 2. The molecule has 0 bridgehead atoms. The van der Waals surface area contributed by atoms with E-state index in [1.807, 2.05) is 47.0 Å². The first-order valence-corrected chi connectivity index (χ1v) is 6.98. The summed E-state index contributed by atoms with van der Waals surface area (Å²) in [6.45, 7) is 0.921. The molecule has 15 heavy (non-hydrogen) atoms. The Morgan fingerprint density at radius 2 is 2.07 bits per heavy atom. The monoisotopic (exact) mass is 237 g/mol. The lowest BCUT2D eigenvalue weighted by atomic mass is 10.1. The van der Waals surface area contributed by atoms with Gasteiger partial charge in [-0.1, -0.05) is 30.3 Å². The zero-order valence-corrected chi connectivity index (χ0v) is 9.76. The van der Waals surface area contributed by atoms with Crippen molar-refractivity contribution in [1.29, 1.82) is 0 Å². The van der Waals surface area contributed by atoms with Gasteiger partial charge in [0, 0.05) is 12.3 Å². The van der Waals surface area contributed by atoms with Gasteiger partial charge in [-0.15, -0.1) is 23.5 Å². The Labute approximate surface area is 97.4 Å². The third-order valence-electron chi connectivity index (χ3n) is 2.71. The molecule has 0 aromatic heterocycles. The maximum Gasteiger partial charge on any atom is 0.241 e. The molecule has 0 aliphatic carbocycles. The van der Waals surface area contributed by atoms with E-state index in [2.05, 4.69) is 0 Å². The molecule has 2 aliphatic rings. The van der Waals surface area contributed by atoms with Crippen molar-refractivity contribution in [2.75, 3.05) is 12.3 Å². The Balaban J connectivity index is 1.88. The number of rotatable bonds is 1. The van der Waals surface area contributed by atoms with Gasteiger partial charge in [-0.2, -0.15) is 0 Å². The first-order valence-electron chi connectivity index (χ1n) is 4.99. The molecule has 0 spiro atoms. The maximum atomic E-state index is 12.1. The van der Waals surface area contributed by atoms with Crippen molar-refractivity contribution in [3.63, 3.8) is 0 Å². The summed E-state index contributed by atoms with van der Waals surface area (Å²) in [6.07, 6.45) is 0. The average Bonchev–Trinajstić information content (AvgIpc) is 2.83. The second-order valence-electron chi connectivity index (χ2n) is 3.64. The first kappa shape index (κ1) is 9.60. The standard InChI is InChI=1S/C11H11NOS2/c13-10-9(8-4-2-1-3-5-8)15-11-12(10)6-7-14-11/h1-5,9,11H,6-7H2. The largest absolute Gasteiger partial charge is 0.319 e. The summed E-state index contributed by atoms with van der Waals surface area (Å²) in [5, 5.41) is 0.0315. The number of carbonyl (C=O) groups is 1. The van der Waals surface area contributed by atoms with Crippen molar-refractivity contribution in [2.45, 2.75) is 9.96 Å². The molecule has 2 saturated heterocycles. The van der Waals surface area contributed by atoms with Gasteiger partial charge in [0.25, 0.3) is 0 Å². The van der Waals surface area contributed by atoms with Crippen LogP contribution in [0.4, 0.5) is 0 Å². The van der Waals surface area contributed by atoms with Gasteiger partial charge in [-0.3, -0.25) is 4.79 Å². The molecule has 0 radical (unpaired) electrons. The number of nitrogens with zero attached hydrogens (tertiary/aromatic N) is 1. The SMILES string of the molecule is O=C1C(c2ccccc2)SC2SCCN12. The van der Waals surface area contributed by atoms with E-state index in [-0.39, 0.29) is 5.25 Å². The summed E-state index contributed by atoms with van der Waals surface area (Å²) in [4.78, 5) is 14.1. The van der Waals surface area contributed by atoms with E-state index in [0.717, 1.165) is 17.9 Å². The van der Waals surface area contributed by atoms with Gasteiger partial charge in [-0.05, 0) is 5.56 Å². The minimum atomic E-state index is 0.0315. The fourth-order valence-electron chi connectivity index (χ4n) is 1.95. The minimum absolute atomic E-state index is 0.0315. The number of benzene rings is 1. The van der Waals surface area contributed by atoms with Crippen LogP contribution in [0.25, 0.3) is 0 Å². The predicted octanol–water partition coefficient (Wildman–Crippen LogP) is 2.33. The zero-order valence-electron chi connectivity index (χ0n) is 8.13. The maximum absolute atomic E-state index is 12.1. The second-order valence-corrected chi connectivity index (χ2v) is 6.31. The van der Waals surface area contributed by atoms with Gasteiger partial charge >= 0.3 is 0 Å². The average molecular weight is 237 g/mol. The predicted molar refractivity (Wildman–Crippen MR) is 64.7 cm³/mol. The smallest absolute Gasteiger partial charge is 0.241 e. The van der Waals surface area contributed by atoms with E-state index < -0.39 is 0 Å². The van der Waals surface area contributed by atoms with Gasteiger partial charge in [0.2, 0.25) is 5.91 Å². The quantitative estimate of drug-likeness (QED) is 0.747. The molecule has 1 aromatic carbocycles. The van der Waals surface area contributed by atoms with E-state index >= 15 is 0 Å². The molecule has 1 amide bonds. The zero-order chi connectivity index (χ0) is 10.3. The summed E-state index contributed by atoms with van der Waals surface area (Å²) in [6, 6.07) is 10.1. The van der Waals surface area contributed by atoms with Crippen LogP contribution in [-0.4, -0.2) is 27.8 Å². The van der Waals surface area contributed by atoms with Crippen molar-refractivity contribution in [1.82, 2.24) is 4.90 Å². The van der Waals surface area contributed by atoms with Crippen LogP contribution in [0.5, 0.6) is 0 Å². The molecule has 2 fully saturated rings. The summed E-state index contributed by atoms with van der Waals surface area (Å²) < 4.78 is 0.364. The van der Waals surface area contributed by atoms with Gasteiger partial charge in [0.1, 0.15) is 9.96 Å². The molecule has 1 aromatic rings. The van der Waals surface area contributed by atoms with Gasteiger partial charge in [-0.25, -0.2) is 0 Å².